The number of hydrogen-bond acceptors (Lipinski definition) is 7. The first kappa shape index (κ1) is 24.5. The van der Waals surface area contributed by atoms with Crippen LogP contribution in [-0.2, 0) is 16.1 Å². The monoisotopic (exact) mass is 519 g/mol. The van der Waals surface area contributed by atoms with Crippen molar-refractivity contribution < 1.29 is 13.9 Å². The lowest BCUT2D eigenvalue weighted by molar-refractivity contribution is -0.135. The van der Waals surface area contributed by atoms with Gasteiger partial charge in [-0.1, -0.05) is 11.6 Å². The van der Waals surface area contributed by atoms with Crippen molar-refractivity contribution in [2.24, 2.45) is 0 Å². The molecule has 5 rings (SSSR count). The van der Waals surface area contributed by atoms with Gasteiger partial charge in [-0.15, -0.1) is 0 Å². The van der Waals surface area contributed by atoms with E-state index in [-0.39, 0.29) is 17.5 Å². The third-order valence-corrected chi connectivity index (χ3v) is 6.50. The van der Waals surface area contributed by atoms with Crippen LogP contribution in [0.4, 0.5) is 27.4 Å². The van der Waals surface area contributed by atoms with Crippen molar-refractivity contribution in [3.63, 3.8) is 0 Å². The van der Waals surface area contributed by atoms with Crippen LogP contribution in [0.15, 0.2) is 55.0 Å². The molecule has 1 fully saturated rings. The molecule has 1 aliphatic rings. The van der Waals surface area contributed by atoms with Crippen molar-refractivity contribution in [2.75, 3.05) is 43.6 Å². The third-order valence-electron chi connectivity index (χ3n) is 6.21. The summed E-state index contributed by atoms with van der Waals surface area (Å²) in [4.78, 5) is 25.3. The summed E-state index contributed by atoms with van der Waals surface area (Å²) in [5.74, 6) is 0.0609. The fraction of sp³-hybridized carbons (Fsp3) is 0.231. The summed E-state index contributed by atoms with van der Waals surface area (Å²) in [5, 5.41) is 13.6. The zero-order valence-electron chi connectivity index (χ0n) is 20.0. The van der Waals surface area contributed by atoms with E-state index in [0.29, 0.717) is 60.1 Å². The average molecular weight is 520 g/mol. The number of carbonyl (C=O) groups excluding carboxylic acids is 1. The average Bonchev–Trinajstić information content (AvgIpc) is 3.38. The van der Waals surface area contributed by atoms with Crippen molar-refractivity contribution >= 4 is 51.4 Å². The molecule has 37 heavy (non-hydrogen) atoms. The number of nitrogens with zero attached hydrogens (tertiary/aromatic N) is 6. The maximum absolute atomic E-state index is 13.7. The van der Waals surface area contributed by atoms with E-state index in [4.69, 9.17) is 16.3 Å². The molecule has 188 valence electrons. The molecule has 0 aliphatic carbocycles. The second kappa shape index (κ2) is 10.4. The number of pyridine rings is 1. The number of nitriles is 1. The van der Waals surface area contributed by atoms with E-state index in [1.54, 1.807) is 27.9 Å². The van der Waals surface area contributed by atoms with Gasteiger partial charge in [-0.2, -0.15) is 5.26 Å². The van der Waals surface area contributed by atoms with Gasteiger partial charge in [-0.05, 0) is 36.4 Å². The minimum absolute atomic E-state index is 0.00164. The van der Waals surface area contributed by atoms with Crippen molar-refractivity contribution in [3.05, 3.63) is 71.4 Å². The van der Waals surface area contributed by atoms with Crippen LogP contribution >= 0.6 is 11.6 Å². The summed E-state index contributed by atoms with van der Waals surface area (Å²) < 4.78 is 20.8. The molecule has 0 unspecified atom stereocenters. The van der Waals surface area contributed by atoms with Gasteiger partial charge in [0.2, 0.25) is 11.9 Å². The predicted octanol–water partition coefficient (Wildman–Crippen LogP) is 4.47. The molecular formula is C26H23ClFN7O2. The number of fused-ring (bicyclic) bond motifs is 1. The summed E-state index contributed by atoms with van der Waals surface area (Å²) in [6.45, 7) is 2.39. The van der Waals surface area contributed by atoms with Crippen LogP contribution in [0.25, 0.3) is 10.9 Å². The maximum atomic E-state index is 13.7. The molecule has 1 aliphatic heterocycles. The van der Waals surface area contributed by atoms with Gasteiger partial charge in [0.05, 0.1) is 35.0 Å². The highest BCUT2D eigenvalue weighted by Gasteiger charge is 2.20. The van der Waals surface area contributed by atoms with Crippen LogP contribution in [0.3, 0.4) is 0 Å². The SMILES string of the molecule is CN(c1ccc2ncc(C#N)c(Nc3ccc(F)c(Cl)c3)c2c1)c1nccn1CC(=O)N1CCOCC1. The lowest BCUT2D eigenvalue weighted by atomic mass is 10.1. The van der Waals surface area contributed by atoms with E-state index in [1.165, 1.54) is 18.3 Å². The highest BCUT2D eigenvalue weighted by atomic mass is 35.5. The summed E-state index contributed by atoms with van der Waals surface area (Å²) >= 11 is 5.95. The molecule has 0 bridgehead atoms. The fourth-order valence-corrected chi connectivity index (χ4v) is 4.41. The van der Waals surface area contributed by atoms with Gasteiger partial charge in [0.25, 0.3) is 0 Å². The van der Waals surface area contributed by atoms with E-state index in [0.717, 1.165) is 5.69 Å². The van der Waals surface area contributed by atoms with E-state index in [9.17, 15) is 14.4 Å². The summed E-state index contributed by atoms with van der Waals surface area (Å²) in [6.07, 6.45) is 4.91. The van der Waals surface area contributed by atoms with Gasteiger partial charge in [0.1, 0.15) is 18.4 Å². The minimum Gasteiger partial charge on any atom is -0.378 e. The number of anilines is 4. The molecule has 1 saturated heterocycles. The zero-order valence-corrected chi connectivity index (χ0v) is 20.7. The first-order chi connectivity index (χ1) is 17.9. The Morgan fingerprint density at radius 3 is 2.81 bits per heavy atom. The first-order valence-corrected chi connectivity index (χ1v) is 12.0. The van der Waals surface area contributed by atoms with Gasteiger partial charge in [-0.25, -0.2) is 9.37 Å². The minimum atomic E-state index is -0.529. The summed E-state index contributed by atoms with van der Waals surface area (Å²) in [5.41, 5.74) is 2.82. The molecule has 11 heteroatoms. The zero-order chi connectivity index (χ0) is 25.9. The molecule has 3 heterocycles. The molecule has 1 N–H and O–H groups in total. The largest absolute Gasteiger partial charge is 0.378 e. The number of halogens is 2. The Balaban J connectivity index is 1.47. The summed E-state index contributed by atoms with van der Waals surface area (Å²) in [6, 6.07) is 12.1. The van der Waals surface area contributed by atoms with Crippen LogP contribution in [-0.4, -0.2) is 58.7 Å². The topological polar surface area (TPSA) is 99.3 Å². The second-order valence-electron chi connectivity index (χ2n) is 8.52. The Hall–Kier alpha value is -4.20. The Labute approximate surface area is 217 Å². The van der Waals surface area contributed by atoms with Crippen LogP contribution in [0.5, 0.6) is 0 Å². The molecule has 0 radical (unpaired) electrons. The predicted molar refractivity (Wildman–Crippen MR) is 139 cm³/mol. The van der Waals surface area contributed by atoms with E-state index in [2.05, 4.69) is 21.4 Å². The number of morpholine rings is 1. The van der Waals surface area contributed by atoms with Crippen LogP contribution in [0, 0.1) is 17.1 Å². The number of amides is 1. The number of hydrogen-bond donors (Lipinski definition) is 1. The molecule has 2 aromatic carbocycles. The van der Waals surface area contributed by atoms with Crippen molar-refractivity contribution in [3.8, 4) is 6.07 Å². The number of nitrogens with one attached hydrogen (secondary N) is 1. The molecule has 0 saturated carbocycles. The van der Waals surface area contributed by atoms with Gasteiger partial charge in [0.15, 0.2) is 0 Å². The number of benzene rings is 2. The van der Waals surface area contributed by atoms with Gasteiger partial charge < -0.3 is 24.4 Å². The number of carbonyl (C=O) groups is 1. The molecular weight excluding hydrogens is 497 g/mol. The van der Waals surface area contributed by atoms with Crippen molar-refractivity contribution in [1.82, 2.24) is 19.4 Å². The summed E-state index contributed by atoms with van der Waals surface area (Å²) in [7, 11) is 1.85. The van der Waals surface area contributed by atoms with E-state index < -0.39 is 5.82 Å². The smallest absolute Gasteiger partial charge is 0.242 e. The molecule has 1 amide bonds. The molecule has 4 aromatic rings. The Morgan fingerprint density at radius 2 is 2.05 bits per heavy atom. The normalized spacial score (nSPS) is 13.4. The Morgan fingerprint density at radius 1 is 1.24 bits per heavy atom. The number of aromatic nitrogens is 3. The number of ether oxygens (including phenoxy) is 1. The van der Waals surface area contributed by atoms with E-state index >= 15 is 0 Å². The highest BCUT2D eigenvalue weighted by Crippen LogP contribution is 2.34. The highest BCUT2D eigenvalue weighted by molar-refractivity contribution is 6.31. The lowest BCUT2D eigenvalue weighted by Gasteiger charge is -2.27. The first-order valence-electron chi connectivity index (χ1n) is 11.6. The van der Waals surface area contributed by atoms with Crippen LogP contribution in [0.2, 0.25) is 5.02 Å². The van der Waals surface area contributed by atoms with Gasteiger partial charge in [-0.3, -0.25) is 9.78 Å². The third kappa shape index (κ3) is 5.05. The van der Waals surface area contributed by atoms with Gasteiger partial charge in [0, 0.05) is 55.5 Å². The standard InChI is InChI=1S/C26H23ClFN7O2/c1-33(26-30-6-7-35(26)16-24(36)34-8-10-37-11-9-34)19-3-5-23-20(13-19)25(17(14-29)15-31-23)32-18-2-4-22(28)21(27)12-18/h2-7,12-13,15H,8-11,16H2,1H3,(H,31,32). The Kier molecular flexibility index (Phi) is 6.90. The molecule has 9 nitrogen and oxygen atoms in total. The molecule has 0 spiro atoms. The quantitative estimate of drug-likeness (QED) is 0.401. The number of rotatable bonds is 6. The Bertz CT molecular complexity index is 1510. The van der Waals surface area contributed by atoms with Crippen molar-refractivity contribution in [2.45, 2.75) is 6.54 Å². The number of imidazole rings is 1. The lowest BCUT2D eigenvalue weighted by Crippen LogP contribution is -2.42. The maximum Gasteiger partial charge on any atom is 0.242 e. The van der Waals surface area contributed by atoms with Crippen LogP contribution in [0.1, 0.15) is 5.56 Å². The van der Waals surface area contributed by atoms with Gasteiger partial charge >= 0.3 is 0 Å². The van der Waals surface area contributed by atoms with Crippen LogP contribution < -0.4 is 10.2 Å². The second-order valence-corrected chi connectivity index (χ2v) is 8.93. The van der Waals surface area contributed by atoms with Crippen molar-refractivity contribution in [1.29, 1.82) is 5.26 Å². The fourth-order valence-electron chi connectivity index (χ4n) is 4.22. The van der Waals surface area contributed by atoms with E-state index in [1.807, 2.05) is 30.1 Å². The molecule has 0 atom stereocenters. The molecule has 2 aromatic heterocycles.